The fraction of sp³-hybridized carbons (Fsp3) is 0.833. The minimum atomic E-state index is -1.23. The molecule has 2 N–H and O–H groups in total. The van der Waals surface area contributed by atoms with Crippen LogP contribution >= 0.6 is 12.6 Å². The molecule has 66 valence electrons. The van der Waals surface area contributed by atoms with Crippen LogP contribution in [0.2, 0.25) is 0 Å². The molecule has 0 spiro atoms. The quantitative estimate of drug-likeness (QED) is 0.311. The van der Waals surface area contributed by atoms with Gasteiger partial charge in [0.15, 0.2) is 0 Å². The molecule has 2 unspecified atom stereocenters. The fourth-order valence-electron chi connectivity index (χ4n) is 0.529. The van der Waals surface area contributed by atoms with Crippen LogP contribution in [-0.4, -0.2) is 34.3 Å². The molecule has 0 aromatic heterocycles. The average molecular weight is 180 g/mol. The van der Waals surface area contributed by atoms with Crippen molar-refractivity contribution in [2.24, 2.45) is 0 Å². The van der Waals surface area contributed by atoms with Crippen LogP contribution in [0.1, 0.15) is 13.3 Å². The minimum absolute atomic E-state index is 0.0273. The molecule has 0 rings (SSSR count). The molecule has 0 amide bonds. The Hall–Kier alpha value is -0.260. The van der Waals surface area contributed by atoms with Gasteiger partial charge in [-0.25, -0.2) is 0 Å². The number of aliphatic hydroxyl groups is 2. The Morgan fingerprint density at radius 3 is 2.55 bits per heavy atom. The first kappa shape index (κ1) is 10.7. The molecule has 0 bridgehead atoms. The lowest BCUT2D eigenvalue weighted by Crippen LogP contribution is -2.22. The number of hydrogen-bond donors (Lipinski definition) is 3. The van der Waals surface area contributed by atoms with Crippen molar-refractivity contribution in [2.45, 2.75) is 25.7 Å². The predicted octanol–water partition coefficient (Wildman–Crippen LogP) is -0.451. The summed E-state index contributed by atoms with van der Waals surface area (Å²) in [6.45, 7) is 1.50. The van der Waals surface area contributed by atoms with E-state index in [2.05, 4.69) is 17.4 Å². The zero-order chi connectivity index (χ0) is 8.85. The highest BCUT2D eigenvalue weighted by molar-refractivity contribution is 7.81. The van der Waals surface area contributed by atoms with E-state index in [9.17, 15) is 4.79 Å². The van der Waals surface area contributed by atoms with Crippen LogP contribution < -0.4 is 0 Å². The highest BCUT2D eigenvalue weighted by atomic mass is 32.1. The summed E-state index contributed by atoms with van der Waals surface area (Å²) >= 11 is 3.63. The summed E-state index contributed by atoms with van der Waals surface area (Å²) in [6, 6.07) is 0. The molecule has 0 aliphatic carbocycles. The van der Waals surface area contributed by atoms with Crippen LogP contribution in [0, 0.1) is 0 Å². The van der Waals surface area contributed by atoms with Crippen molar-refractivity contribution in [1.82, 2.24) is 0 Å². The molecule has 11 heavy (non-hydrogen) atoms. The van der Waals surface area contributed by atoms with Crippen molar-refractivity contribution in [2.75, 3.05) is 5.75 Å². The summed E-state index contributed by atoms with van der Waals surface area (Å²) in [4.78, 5) is 10.5. The van der Waals surface area contributed by atoms with Gasteiger partial charge in [0.25, 0.3) is 0 Å². The van der Waals surface area contributed by atoms with Gasteiger partial charge < -0.3 is 14.9 Å². The van der Waals surface area contributed by atoms with Crippen LogP contribution in [0.3, 0.4) is 0 Å². The zero-order valence-electron chi connectivity index (χ0n) is 6.23. The zero-order valence-corrected chi connectivity index (χ0v) is 7.12. The van der Waals surface area contributed by atoms with Crippen LogP contribution in [0.4, 0.5) is 0 Å². The lowest BCUT2D eigenvalue weighted by molar-refractivity contribution is -0.168. The molecule has 0 fully saturated rings. The number of rotatable bonds is 4. The van der Waals surface area contributed by atoms with E-state index in [0.717, 1.165) is 0 Å². The number of hydrogen-bond acceptors (Lipinski definition) is 5. The maximum atomic E-state index is 10.5. The molecule has 2 atom stereocenters. The van der Waals surface area contributed by atoms with Crippen molar-refractivity contribution >= 4 is 18.6 Å². The lowest BCUT2D eigenvalue weighted by atomic mass is 10.3. The largest absolute Gasteiger partial charge is 0.435 e. The maximum absolute atomic E-state index is 10.5. The Kier molecular flexibility index (Phi) is 5.27. The van der Waals surface area contributed by atoms with Gasteiger partial charge >= 0.3 is 5.97 Å². The second-order valence-corrected chi connectivity index (χ2v) is 2.50. The standard InChI is InChI=1S/C6H12O4S/c1-4(7)2-5(8)10-6(9)3-11/h4-5,7-8,11H,2-3H2,1H3. The summed E-state index contributed by atoms with van der Waals surface area (Å²) < 4.78 is 4.39. The molecule has 0 aliphatic heterocycles. The third kappa shape index (κ3) is 6.15. The van der Waals surface area contributed by atoms with Gasteiger partial charge in [-0.15, -0.1) is 0 Å². The van der Waals surface area contributed by atoms with Gasteiger partial charge in [-0.3, -0.25) is 4.79 Å². The molecule has 0 radical (unpaired) electrons. The highest BCUT2D eigenvalue weighted by Crippen LogP contribution is 1.99. The molecule has 0 aliphatic rings. The number of carbonyl (C=O) groups excluding carboxylic acids is 1. The van der Waals surface area contributed by atoms with Crippen molar-refractivity contribution in [1.29, 1.82) is 0 Å². The molecule has 5 heteroatoms. The molecule has 0 saturated carbocycles. The van der Waals surface area contributed by atoms with E-state index >= 15 is 0 Å². The van der Waals surface area contributed by atoms with Crippen LogP contribution in [0.5, 0.6) is 0 Å². The Labute approximate surface area is 70.6 Å². The van der Waals surface area contributed by atoms with Crippen LogP contribution in [0.25, 0.3) is 0 Å². The molecule has 0 heterocycles. The van der Waals surface area contributed by atoms with Gasteiger partial charge in [-0.05, 0) is 6.92 Å². The third-order valence-corrected chi connectivity index (χ3v) is 1.20. The first-order chi connectivity index (χ1) is 5.06. The van der Waals surface area contributed by atoms with Gasteiger partial charge in [-0.1, -0.05) is 0 Å². The smallest absolute Gasteiger partial charge is 0.317 e. The second-order valence-electron chi connectivity index (χ2n) is 2.19. The summed E-state index contributed by atoms with van der Waals surface area (Å²) in [7, 11) is 0. The van der Waals surface area contributed by atoms with E-state index in [1.54, 1.807) is 0 Å². The van der Waals surface area contributed by atoms with Crippen LogP contribution in [0.15, 0.2) is 0 Å². The summed E-state index contributed by atoms with van der Waals surface area (Å²) in [5.41, 5.74) is 0. The number of esters is 1. The second kappa shape index (κ2) is 5.40. The monoisotopic (exact) mass is 180 g/mol. The number of aliphatic hydroxyl groups excluding tert-OH is 2. The first-order valence-corrected chi connectivity index (χ1v) is 3.86. The van der Waals surface area contributed by atoms with E-state index < -0.39 is 18.4 Å². The number of carbonyl (C=O) groups is 1. The van der Waals surface area contributed by atoms with Gasteiger partial charge in [0.05, 0.1) is 11.9 Å². The Balaban J connectivity index is 3.51. The summed E-state index contributed by atoms with van der Waals surface area (Å²) in [5, 5.41) is 17.6. The van der Waals surface area contributed by atoms with Crippen molar-refractivity contribution in [3.63, 3.8) is 0 Å². The maximum Gasteiger partial charge on any atom is 0.317 e. The lowest BCUT2D eigenvalue weighted by Gasteiger charge is -2.12. The van der Waals surface area contributed by atoms with Gasteiger partial charge in [0.1, 0.15) is 0 Å². The highest BCUT2D eigenvalue weighted by Gasteiger charge is 2.11. The summed E-state index contributed by atoms with van der Waals surface area (Å²) in [6.07, 6.45) is -1.88. The van der Waals surface area contributed by atoms with Gasteiger partial charge in [0.2, 0.25) is 6.29 Å². The average Bonchev–Trinajstić information content (AvgIpc) is 1.85. The first-order valence-electron chi connectivity index (χ1n) is 3.22. The van der Waals surface area contributed by atoms with Gasteiger partial charge in [0, 0.05) is 6.42 Å². The molecular formula is C6H12O4S. The SMILES string of the molecule is CC(O)CC(O)OC(=O)CS. The summed E-state index contributed by atoms with van der Waals surface area (Å²) in [5.74, 6) is -0.668. The molecular weight excluding hydrogens is 168 g/mol. The molecule has 0 aromatic rings. The Morgan fingerprint density at radius 1 is 1.64 bits per heavy atom. The fourth-order valence-corrected chi connectivity index (χ4v) is 0.603. The van der Waals surface area contributed by atoms with Crippen LogP contribution in [-0.2, 0) is 9.53 Å². The van der Waals surface area contributed by atoms with E-state index in [4.69, 9.17) is 10.2 Å². The van der Waals surface area contributed by atoms with E-state index in [-0.39, 0.29) is 12.2 Å². The van der Waals surface area contributed by atoms with E-state index in [1.807, 2.05) is 0 Å². The number of ether oxygens (including phenoxy) is 1. The van der Waals surface area contributed by atoms with Crippen molar-refractivity contribution in [3.8, 4) is 0 Å². The third-order valence-electron chi connectivity index (χ3n) is 0.939. The molecule has 4 nitrogen and oxygen atoms in total. The Bertz CT molecular complexity index is 126. The predicted molar refractivity (Wildman–Crippen MR) is 42.2 cm³/mol. The minimum Gasteiger partial charge on any atom is -0.435 e. The van der Waals surface area contributed by atoms with Gasteiger partial charge in [-0.2, -0.15) is 12.6 Å². The topological polar surface area (TPSA) is 66.8 Å². The number of thiol groups is 1. The molecule has 0 saturated heterocycles. The Morgan fingerprint density at radius 2 is 2.18 bits per heavy atom. The normalized spacial score (nSPS) is 15.6. The van der Waals surface area contributed by atoms with Crippen molar-refractivity contribution < 1.29 is 19.7 Å². The van der Waals surface area contributed by atoms with Crippen molar-refractivity contribution in [3.05, 3.63) is 0 Å². The molecule has 0 aromatic carbocycles. The van der Waals surface area contributed by atoms with E-state index in [0.29, 0.717) is 0 Å². The van der Waals surface area contributed by atoms with E-state index in [1.165, 1.54) is 6.92 Å².